The number of hydrogen-bond donors (Lipinski definition) is 2. The quantitative estimate of drug-likeness (QED) is 0.392. The van der Waals surface area contributed by atoms with E-state index in [0.717, 1.165) is 24.0 Å². The molecule has 2 N–H and O–H groups in total. The van der Waals surface area contributed by atoms with Gasteiger partial charge in [0.2, 0.25) is 15.9 Å². The second-order valence-corrected chi connectivity index (χ2v) is 12.0. The molecule has 7 nitrogen and oxygen atoms in total. The molecular weight excluding hydrogens is 545 g/mol. The molecule has 4 rings (SSSR count). The van der Waals surface area contributed by atoms with Crippen molar-refractivity contribution in [2.75, 3.05) is 6.54 Å². The number of halogens is 2. The lowest BCUT2D eigenvalue weighted by Gasteiger charge is -2.29. The highest BCUT2D eigenvalue weighted by molar-refractivity contribution is 7.89. The molecule has 1 fully saturated rings. The molecule has 0 spiro atoms. The van der Waals surface area contributed by atoms with Gasteiger partial charge in [-0.2, -0.15) is 4.31 Å². The predicted octanol–water partition coefficient (Wildman–Crippen LogP) is 5.09. The standard InChI is InChI=1S/C28H29Cl2N3O4S/c1-19-16-24(30)10-9-22(19)17-32-27(34)21-7-5-20(6-8-21)18-33(26-4-2-3-15-31-28(26)35)38(36,37)25-13-11-23(29)12-14-25/h5-14,16,26H,2-4,15,17-18H2,1H3,(H,31,35)(H,32,34)/t26-/m1/s1. The molecule has 1 heterocycles. The van der Waals surface area contributed by atoms with Gasteiger partial charge in [-0.05, 0) is 91.4 Å². The molecule has 1 atom stereocenters. The van der Waals surface area contributed by atoms with Gasteiger partial charge in [-0.25, -0.2) is 8.42 Å². The molecule has 3 aromatic rings. The number of carbonyl (C=O) groups excluding carboxylic acids is 2. The summed E-state index contributed by atoms with van der Waals surface area (Å²) in [5.74, 6) is -0.562. The largest absolute Gasteiger partial charge is 0.355 e. The summed E-state index contributed by atoms with van der Waals surface area (Å²) >= 11 is 12.0. The van der Waals surface area contributed by atoms with Crippen molar-refractivity contribution in [1.29, 1.82) is 0 Å². The second kappa shape index (κ2) is 12.3. The minimum absolute atomic E-state index is 0.0189. The number of hydrogen-bond acceptors (Lipinski definition) is 4. The molecule has 10 heteroatoms. The lowest BCUT2D eigenvalue weighted by molar-refractivity contribution is -0.124. The van der Waals surface area contributed by atoms with Gasteiger partial charge in [0, 0.05) is 35.2 Å². The topological polar surface area (TPSA) is 95.6 Å². The molecule has 1 aliphatic heterocycles. The maximum atomic E-state index is 13.7. The van der Waals surface area contributed by atoms with Gasteiger partial charge in [-0.1, -0.05) is 41.4 Å². The van der Waals surface area contributed by atoms with E-state index in [4.69, 9.17) is 23.2 Å². The summed E-state index contributed by atoms with van der Waals surface area (Å²) in [7, 11) is -4.01. The zero-order chi connectivity index (χ0) is 27.3. The van der Waals surface area contributed by atoms with E-state index in [2.05, 4.69) is 10.6 Å². The first-order valence-electron chi connectivity index (χ1n) is 12.3. The lowest BCUT2D eigenvalue weighted by atomic mass is 10.1. The summed E-state index contributed by atoms with van der Waals surface area (Å²) in [6.07, 6.45) is 1.93. The molecule has 38 heavy (non-hydrogen) atoms. The number of rotatable bonds is 8. The lowest BCUT2D eigenvalue weighted by Crippen LogP contribution is -2.48. The number of amides is 2. The Balaban J connectivity index is 1.53. The first kappa shape index (κ1) is 28.1. The van der Waals surface area contributed by atoms with Crippen molar-refractivity contribution in [1.82, 2.24) is 14.9 Å². The van der Waals surface area contributed by atoms with Crippen LogP contribution < -0.4 is 10.6 Å². The first-order chi connectivity index (χ1) is 18.1. The number of nitrogens with zero attached hydrogens (tertiary/aromatic N) is 1. The molecule has 2 amide bonds. The Morgan fingerprint density at radius 2 is 1.68 bits per heavy atom. The monoisotopic (exact) mass is 573 g/mol. The number of carbonyl (C=O) groups is 2. The third-order valence-electron chi connectivity index (χ3n) is 6.57. The van der Waals surface area contributed by atoms with E-state index in [0.29, 0.717) is 40.7 Å². The highest BCUT2D eigenvalue weighted by Gasteiger charge is 2.36. The summed E-state index contributed by atoms with van der Waals surface area (Å²) in [6, 6.07) is 17.3. The predicted molar refractivity (Wildman–Crippen MR) is 149 cm³/mol. The summed E-state index contributed by atoms with van der Waals surface area (Å²) in [5.41, 5.74) is 3.05. The van der Waals surface area contributed by atoms with Gasteiger partial charge in [0.05, 0.1) is 4.90 Å². The summed E-state index contributed by atoms with van der Waals surface area (Å²) < 4.78 is 28.6. The Hall–Kier alpha value is -2.91. The zero-order valence-electron chi connectivity index (χ0n) is 20.9. The fourth-order valence-electron chi connectivity index (χ4n) is 4.38. The fourth-order valence-corrected chi connectivity index (χ4v) is 6.34. The van der Waals surface area contributed by atoms with Crippen LogP contribution in [0.15, 0.2) is 71.6 Å². The smallest absolute Gasteiger partial charge is 0.251 e. The SMILES string of the molecule is Cc1cc(Cl)ccc1CNC(=O)c1ccc(CN([C@@H]2CCCCNC2=O)S(=O)(=O)c2ccc(Cl)cc2)cc1. The maximum Gasteiger partial charge on any atom is 0.251 e. The molecule has 0 saturated carbocycles. The molecular formula is C28H29Cl2N3O4S. The van der Waals surface area contributed by atoms with Crippen molar-refractivity contribution in [3.8, 4) is 0 Å². The van der Waals surface area contributed by atoms with Gasteiger partial charge < -0.3 is 10.6 Å². The van der Waals surface area contributed by atoms with Crippen molar-refractivity contribution in [2.45, 2.75) is 50.2 Å². The van der Waals surface area contributed by atoms with Gasteiger partial charge in [0.15, 0.2) is 0 Å². The molecule has 1 saturated heterocycles. The van der Waals surface area contributed by atoms with Crippen molar-refractivity contribution >= 4 is 45.0 Å². The molecule has 3 aromatic carbocycles. The molecule has 0 bridgehead atoms. The zero-order valence-corrected chi connectivity index (χ0v) is 23.2. The van der Waals surface area contributed by atoms with Gasteiger partial charge in [-0.15, -0.1) is 0 Å². The van der Waals surface area contributed by atoms with E-state index >= 15 is 0 Å². The normalized spacial score (nSPS) is 16.1. The molecule has 1 aliphatic rings. The Kier molecular flexibility index (Phi) is 9.10. The van der Waals surface area contributed by atoms with E-state index in [1.54, 1.807) is 30.3 Å². The highest BCUT2D eigenvalue weighted by atomic mass is 35.5. The number of sulfonamides is 1. The molecule has 0 aromatic heterocycles. The summed E-state index contributed by atoms with van der Waals surface area (Å²) in [4.78, 5) is 25.6. The Labute approximate surface area is 233 Å². The van der Waals surface area contributed by atoms with Gasteiger partial charge >= 0.3 is 0 Å². The minimum Gasteiger partial charge on any atom is -0.355 e. The van der Waals surface area contributed by atoms with E-state index in [9.17, 15) is 18.0 Å². The Morgan fingerprint density at radius 3 is 2.37 bits per heavy atom. The van der Waals surface area contributed by atoms with E-state index in [1.807, 2.05) is 19.1 Å². The van der Waals surface area contributed by atoms with Crippen LogP contribution in [0.1, 0.15) is 46.3 Å². The van der Waals surface area contributed by atoms with Crippen LogP contribution >= 0.6 is 23.2 Å². The average molecular weight is 575 g/mol. The van der Waals surface area contributed by atoms with Crippen LogP contribution in [0.25, 0.3) is 0 Å². The first-order valence-corrected chi connectivity index (χ1v) is 14.5. The van der Waals surface area contributed by atoms with Gasteiger partial charge in [0.1, 0.15) is 6.04 Å². The van der Waals surface area contributed by atoms with E-state index in [-0.39, 0.29) is 23.3 Å². The number of benzene rings is 3. The van der Waals surface area contributed by atoms with Crippen molar-refractivity contribution in [3.05, 3.63) is 99.0 Å². The third-order valence-corrected chi connectivity index (χ3v) is 8.93. The second-order valence-electron chi connectivity index (χ2n) is 9.26. The average Bonchev–Trinajstić information content (AvgIpc) is 3.11. The van der Waals surface area contributed by atoms with Crippen LogP contribution in [-0.2, 0) is 27.9 Å². The van der Waals surface area contributed by atoms with Crippen molar-refractivity contribution in [2.24, 2.45) is 0 Å². The van der Waals surface area contributed by atoms with E-state index < -0.39 is 16.1 Å². The molecule has 0 unspecified atom stereocenters. The van der Waals surface area contributed by atoms with Crippen LogP contribution in [0.5, 0.6) is 0 Å². The number of nitrogens with one attached hydrogen (secondary N) is 2. The summed E-state index contributed by atoms with van der Waals surface area (Å²) in [5, 5.41) is 6.78. The van der Waals surface area contributed by atoms with Crippen LogP contribution in [-0.4, -0.2) is 37.1 Å². The van der Waals surface area contributed by atoms with Crippen LogP contribution in [0, 0.1) is 6.92 Å². The van der Waals surface area contributed by atoms with Crippen LogP contribution in [0.4, 0.5) is 0 Å². The Bertz CT molecular complexity index is 1410. The van der Waals surface area contributed by atoms with Crippen molar-refractivity contribution < 1.29 is 18.0 Å². The van der Waals surface area contributed by atoms with Gasteiger partial charge in [0.25, 0.3) is 5.91 Å². The number of aryl methyl sites for hydroxylation is 1. The minimum atomic E-state index is -4.01. The fraction of sp³-hybridized carbons (Fsp3) is 0.286. The summed E-state index contributed by atoms with van der Waals surface area (Å²) in [6.45, 7) is 2.78. The molecule has 0 radical (unpaired) electrons. The van der Waals surface area contributed by atoms with Crippen LogP contribution in [0.2, 0.25) is 10.0 Å². The highest BCUT2D eigenvalue weighted by Crippen LogP contribution is 2.26. The van der Waals surface area contributed by atoms with Crippen molar-refractivity contribution in [3.63, 3.8) is 0 Å². The maximum absolute atomic E-state index is 13.7. The third kappa shape index (κ3) is 6.74. The molecule has 200 valence electrons. The van der Waals surface area contributed by atoms with Crippen LogP contribution in [0.3, 0.4) is 0 Å². The van der Waals surface area contributed by atoms with Gasteiger partial charge in [-0.3, -0.25) is 9.59 Å². The van der Waals surface area contributed by atoms with E-state index in [1.165, 1.54) is 28.6 Å². The molecule has 0 aliphatic carbocycles. The Morgan fingerprint density at radius 1 is 1.00 bits per heavy atom.